The zero-order valence-electron chi connectivity index (χ0n) is 5.26. The van der Waals surface area contributed by atoms with Crippen LogP contribution in [0.5, 0.6) is 0 Å². The molecule has 1 heterocycles. The molecule has 1 aliphatic heterocycles. The van der Waals surface area contributed by atoms with Crippen LogP contribution in [0.2, 0.25) is 0 Å². The summed E-state index contributed by atoms with van der Waals surface area (Å²) >= 11 is 4.11. The minimum Gasteiger partial charge on any atom is -0.355 e. The summed E-state index contributed by atoms with van der Waals surface area (Å²) in [4.78, 5) is 10.8. The number of carbonyl (C=O) groups excluding carboxylic acids is 1. The Morgan fingerprint density at radius 3 is 3.11 bits per heavy atom. The van der Waals surface area contributed by atoms with E-state index < -0.39 is 0 Å². The molecule has 52 valence electrons. The van der Waals surface area contributed by atoms with Crippen molar-refractivity contribution in [3.63, 3.8) is 0 Å². The summed E-state index contributed by atoms with van der Waals surface area (Å²) in [6.45, 7) is 0.829. The molecule has 9 heavy (non-hydrogen) atoms. The van der Waals surface area contributed by atoms with Crippen LogP contribution in [0.15, 0.2) is 0 Å². The van der Waals surface area contributed by atoms with Crippen molar-refractivity contribution in [2.75, 3.05) is 6.54 Å². The molecular formula is C6H11NOS. The van der Waals surface area contributed by atoms with E-state index in [9.17, 15) is 4.79 Å². The predicted molar refractivity (Wildman–Crippen MR) is 39.6 cm³/mol. The van der Waals surface area contributed by atoms with E-state index in [0.29, 0.717) is 0 Å². The van der Waals surface area contributed by atoms with Gasteiger partial charge < -0.3 is 5.32 Å². The van der Waals surface area contributed by atoms with Gasteiger partial charge >= 0.3 is 0 Å². The Hall–Kier alpha value is -0.180. The highest BCUT2D eigenvalue weighted by atomic mass is 32.1. The van der Waals surface area contributed by atoms with Gasteiger partial charge in [-0.15, -0.1) is 0 Å². The largest absolute Gasteiger partial charge is 0.355 e. The molecule has 1 atom stereocenters. The number of nitrogens with one attached hydrogen (secondary N) is 1. The molecule has 1 aliphatic rings. The Labute approximate surface area is 60.4 Å². The van der Waals surface area contributed by atoms with Gasteiger partial charge in [0.25, 0.3) is 0 Å². The van der Waals surface area contributed by atoms with E-state index in [2.05, 4.69) is 17.9 Å². The van der Waals surface area contributed by atoms with Gasteiger partial charge in [-0.2, -0.15) is 12.6 Å². The summed E-state index contributed by atoms with van der Waals surface area (Å²) in [7, 11) is 0. The zero-order valence-corrected chi connectivity index (χ0v) is 6.16. The number of rotatable bonds is 0. The molecule has 0 spiro atoms. The van der Waals surface area contributed by atoms with Crippen molar-refractivity contribution in [3.05, 3.63) is 0 Å². The molecule has 1 N–H and O–H groups in total. The average molecular weight is 145 g/mol. The van der Waals surface area contributed by atoms with Crippen LogP contribution < -0.4 is 5.32 Å². The SMILES string of the molecule is O=C1NCCCC[C@H]1S. The fraction of sp³-hybridized carbons (Fsp3) is 0.833. The number of carbonyl (C=O) groups is 1. The van der Waals surface area contributed by atoms with E-state index in [1.165, 1.54) is 0 Å². The van der Waals surface area contributed by atoms with Crippen LogP contribution in [0.3, 0.4) is 0 Å². The standard InChI is InChI=1S/C6H11NOS/c8-6-5(9)3-1-2-4-7-6/h5,9H,1-4H2,(H,7,8)/t5-/m1/s1. The van der Waals surface area contributed by atoms with Crippen molar-refractivity contribution < 1.29 is 4.79 Å². The van der Waals surface area contributed by atoms with Gasteiger partial charge in [-0.25, -0.2) is 0 Å². The highest BCUT2D eigenvalue weighted by Crippen LogP contribution is 2.09. The molecule has 1 fully saturated rings. The minimum absolute atomic E-state index is 0.0625. The van der Waals surface area contributed by atoms with Gasteiger partial charge in [0.1, 0.15) is 0 Å². The van der Waals surface area contributed by atoms with Gasteiger partial charge in [0.2, 0.25) is 5.91 Å². The van der Waals surface area contributed by atoms with Crippen LogP contribution in [0.25, 0.3) is 0 Å². The molecule has 2 nitrogen and oxygen atoms in total. The van der Waals surface area contributed by atoms with Crippen LogP contribution in [-0.4, -0.2) is 17.7 Å². The van der Waals surface area contributed by atoms with Crippen molar-refractivity contribution in [2.24, 2.45) is 0 Å². The molecule has 1 saturated heterocycles. The van der Waals surface area contributed by atoms with Crippen molar-refractivity contribution >= 4 is 18.5 Å². The molecule has 0 aliphatic carbocycles. The lowest BCUT2D eigenvalue weighted by Crippen LogP contribution is -2.29. The normalized spacial score (nSPS) is 29.0. The molecule has 0 radical (unpaired) electrons. The van der Waals surface area contributed by atoms with Crippen LogP contribution in [0, 0.1) is 0 Å². The number of thiol groups is 1. The van der Waals surface area contributed by atoms with E-state index in [4.69, 9.17) is 0 Å². The average Bonchev–Trinajstić information content (AvgIpc) is 1.99. The molecule has 0 aromatic rings. The number of hydrogen-bond donors (Lipinski definition) is 2. The van der Waals surface area contributed by atoms with Gasteiger partial charge in [0, 0.05) is 6.54 Å². The summed E-state index contributed by atoms with van der Waals surface area (Å²) in [5.74, 6) is 0.0934. The molecule has 3 heteroatoms. The lowest BCUT2D eigenvalue weighted by molar-refractivity contribution is -0.120. The monoisotopic (exact) mass is 145 g/mol. The lowest BCUT2D eigenvalue weighted by Gasteiger charge is -2.02. The van der Waals surface area contributed by atoms with Crippen LogP contribution >= 0.6 is 12.6 Å². The van der Waals surface area contributed by atoms with Crippen molar-refractivity contribution in [1.82, 2.24) is 5.32 Å². The Kier molecular flexibility index (Phi) is 2.39. The summed E-state index contributed by atoms with van der Waals surface area (Å²) in [5.41, 5.74) is 0. The van der Waals surface area contributed by atoms with Crippen molar-refractivity contribution in [1.29, 1.82) is 0 Å². The van der Waals surface area contributed by atoms with E-state index in [0.717, 1.165) is 25.8 Å². The van der Waals surface area contributed by atoms with E-state index in [-0.39, 0.29) is 11.2 Å². The van der Waals surface area contributed by atoms with E-state index in [1.807, 2.05) is 0 Å². The highest BCUT2D eigenvalue weighted by molar-refractivity contribution is 7.81. The van der Waals surface area contributed by atoms with E-state index in [1.54, 1.807) is 0 Å². The van der Waals surface area contributed by atoms with Crippen LogP contribution in [0.4, 0.5) is 0 Å². The summed E-state index contributed by atoms with van der Waals surface area (Å²) in [5, 5.41) is 2.72. The third kappa shape index (κ3) is 1.90. The fourth-order valence-electron chi connectivity index (χ4n) is 0.923. The fourth-order valence-corrected chi connectivity index (χ4v) is 1.20. The first kappa shape index (κ1) is 6.93. The second-order valence-electron chi connectivity index (χ2n) is 2.30. The quantitative estimate of drug-likeness (QED) is 0.480. The molecular weight excluding hydrogens is 134 g/mol. The second kappa shape index (κ2) is 3.11. The lowest BCUT2D eigenvalue weighted by atomic mass is 10.2. The number of amides is 1. The van der Waals surface area contributed by atoms with Gasteiger partial charge in [0.05, 0.1) is 5.25 Å². The maximum absolute atomic E-state index is 10.8. The third-order valence-electron chi connectivity index (χ3n) is 1.51. The maximum Gasteiger partial charge on any atom is 0.232 e. The first-order valence-corrected chi connectivity index (χ1v) is 3.78. The Morgan fingerprint density at radius 2 is 2.33 bits per heavy atom. The molecule has 0 saturated carbocycles. The smallest absolute Gasteiger partial charge is 0.232 e. The van der Waals surface area contributed by atoms with Gasteiger partial charge in [-0.1, -0.05) is 6.42 Å². The second-order valence-corrected chi connectivity index (χ2v) is 2.93. The minimum atomic E-state index is -0.0625. The Bertz CT molecular complexity index is 116. The molecule has 0 aromatic heterocycles. The molecule has 0 aromatic carbocycles. The Balaban J connectivity index is 2.41. The van der Waals surface area contributed by atoms with Gasteiger partial charge in [0.15, 0.2) is 0 Å². The molecule has 1 amide bonds. The van der Waals surface area contributed by atoms with Gasteiger partial charge in [-0.3, -0.25) is 4.79 Å². The van der Waals surface area contributed by atoms with E-state index >= 15 is 0 Å². The first-order valence-electron chi connectivity index (χ1n) is 3.26. The molecule has 0 unspecified atom stereocenters. The number of hydrogen-bond acceptors (Lipinski definition) is 2. The summed E-state index contributed by atoms with van der Waals surface area (Å²) in [6.07, 6.45) is 3.14. The summed E-state index contributed by atoms with van der Waals surface area (Å²) in [6, 6.07) is 0. The molecule has 1 rings (SSSR count). The van der Waals surface area contributed by atoms with Crippen molar-refractivity contribution in [3.8, 4) is 0 Å². The highest BCUT2D eigenvalue weighted by Gasteiger charge is 2.15. The van der Waals surface area contributed by atoms with Crippen LogP contribution in [0.1, 0.15) is 19.3 Å². The van der Waals surface area contributed by atoms with Crippen LogP contribution in [-0.2, 0) is 4.79 Å². The Morgan fingerprint density at radius 1 is 1.56 bits per heavy atom. The topological polar surface area (TPSA) is 29.1 Å². The zero-order chi connectivity index (χ0) is 6.69. The molecule has 0 bridgehead atoms. The first-order chi connectivity index (χ1) is 4.30. The predicted octanol–water partition coefficient (Wildman–Crippen LogP) is 0.585. The maximum atomic E-state index is 10.8. The van der Waals surface area contributed by atoms with Crippen molar-refractivity contribution in [2.45, 2.75) is 24.5 Å². The summed E-state index contributed by atoms with van der Waals surface area (Å²) < 4.78 is 0. The van der Waals surface area contributed by atoms with Gasteiger partial charge in [-0.05, 0) is 12.8 Å². The third-order valence-corrected chi connectivity index (χ3v) is 2.00.